The van der Waals surface area contributed by atoms with E-state index < -0.39 is 5.41 Å². The van der Waals surface area contributed by atoms with Crippen molar-refractivity contribution in [1.29, 1.82) is 0 Å². The average Bonchev–Trinajstić information content (AvgIpc) is 2.46. The number of esters is 1. The van der Waals surface area contributed by atoms with Crippen LogP contribution in [0.2, 0.25) is 0 Å². The second kappa shape index (κ2) is 6.96. The topological polar surface area (TPSA) is 45.1 Å². The molecule has 0 amide bonds. The molecule has 1 aromatic rings. The van der Waals surface area contributed by atoms with E-state index in [0.717, 1.165) is 11.2 Å². The average molecular weight is 366 g/mol. The maximum Gasteiger partial charge on any atom is 0.313 e. The van der Waals surface area contributed by atoms with Crippen LogP contribution < -0.4 is 0 Å². The van der Waals surface area contributed by atoms with Crippen molar-refractivity contribution < 1.29 is 9.53 Å². The molecule has 1 aliphatic rings. The third-order valence-electron chi connectivity index (χ3n) is 3.00. The number of halogens is 1. The minimum Gasteiger partial charge on any atom is -0.442 e. The molecule has 0 atom stereocenters. The smallest absolute Gasteiger partial charge is 0.313 e. The summed E-state index contributed by atoms with van der Waals surface area (Å²) in [7, 11) is 0. The fourth-order valence-corrected chi connectivity index (χ4v) is 2.19. The second-order valence-electron chi connectivity index (χ2n) is 6.05. The summed E-state index contributed by atoms with van der Waals surface area (Å²) in [5, 5.41) is 5.87. The Bertz CT molecular complexity index is 579. The third kappa shape index (κ3) is 4.59. The van der Waals surface area contributed by atoms with Crippen LogP contribution in [0, 0.1) is 5.41 Å². The van der Waals surface area contributed by atoms with Gasteiger partial charge in [-0.15, -0.1) is 0 Å². The molecule has 0 aliphatic carbocycles. The highest BCUT2D eigenvalue weighted by atomic mass is 79.9. The highest BCUT2D eigenvalue weighted by Gasteiger charge is 2.24. The molecule has 2 rings (SSSR count). The van der Waals surface area contributed by atoms with Gasteiger partial charge in [0.25, 0.3) is 0 Å². The monoisotopic (exact) mass is 365 g/mol. The van der Waals surface area contributed by atoms with Gasteiger partial charge in [0, 0.05) is 12.7 Å². The molecular weight excluding hydrogens is 346 g/mol. The maximum absolute atomic E-state index is 11.8. The number of nitrogens with zero attached hydrogens (tertiary/aromatic N) is 3. The Kier molecular flexibility index (Phi) is 5.24. The third-order valence-corrected chi connectivity index (χ3v) is 3.61. The van der Waals surface area contributed by atoms with E-state index in [4.69, 9.17) is 4.74 Å². The van der Waals surface area contributed by atoms with Crippen LogP contribution in [0.25, 0.3) is 0 Å². The molecule has 6 heteroatoms. The molecule has 0 saturated heterocycles. The van der Waals surface area contributed by atoms with Crippen molar-refractivity contribution in [3.8, 4) is 0 Å². The van der Waals surface area contributed by atoms with Crippen LogP contribution in [-0.4, -0.2) is 28.9 Å². The van der Waals surface area contributed by atoms with Crippen molar-refractivity contribution in [3.05, 3.63) is 46.7 Å². The molecule has 1 heterocycles. The Morgan fingerprint density at radius 1 is 1.27 bits per heavy atom. The Morgan fingerprint density at radius 2 is 1.95 bits per heavy atom. The van der Waals surface area contributed by atoms with Crippen molar-refractivity contribution in [3.63, 3.8) is 0 Å². The molecule has 118 valence electrons. The number of carbonyl (C=O) groups excluding carboxylic acids is 1. The van der Waals surface area contributed by atoms with E-state index in [1.54, 1.807) is 11.3 Å². The van der Waals surface area contributed by atoms with E-state index in [2.05, 4.69) is 33.2 Å². The van der Waals surface area contributed by atoms with Crippen LogP contribution in [0.3, 0.4) is 0 Å². The molecule has 5 nitrogen and oxygen atoms in total. The first-order valence-corrected chi connectivity index (χ1v) is 7.81. The lowest BCUT2D eigenvalue weighted by atomic mass is 9.98. The van der Waals surface area contributed by atoms with Gasteiger partial charge < -0.3 is 9.64 Å². The molecular formula is C16H20BrN3O2. The second-order valence-corrected chi connectivity index (χ2v) is 6.86. The van der Waals surface area contributed by atoms with Crippen molar-refractivity contribution in [2.75, 3.05) is 6.73 Å². The van der Waals surface area contributed by atoms with Crippen molar-refractivity contribution in [1.82, 2.24) is 9.91 Å². The number of rotatable bonds is 4. The van der Waals surface area contributed by atoms with Gasteiger partial charge in [0.1, 0.15) is 10.9 Å². The summed E-state index contributed by atoms with van der Waals surface area (Å²) in [5.41, 5.74) is 0.674. The van der Waals surface area contributed by atoms with E-state index in [9.17, 15) is 4.79 Å². The zero-order valence-electron chi connectivity index (χ0n) is 13.0. The first-order chi connectivity index (χ1) is 10.4. The van der Waals surface area contributed by atoms with Crippen molar-refractivity contribution >= 4 is 28.2 Å². The highest BCUT2D eigenvalue weighted by molar-refractivity contribution is 9.11. The summed E-state index contributed by atoms with van der Waals surface area (Å²) in [6.07, 6.45) is 3.62. The van der Waals surface area contributed by atoms with Gasteiger partial charge in [0.05, 0.1) is 5.41 Å². The summed E-state index contributed by atoms with van der Waals surface area (Å²) in [6, 6.07) is 10.1. The fraction of sp³-hybridized carbons (Fsp3) is 0.375. The number of carbonyl (C=O) groups is 1. The van der Waals surface area contributed by atoms with Gasteiger partial charge in [0.2, 0.25) is 0 Å². The van der Waals surface area contributed by atoms with E-state index in [0.29, 0.717) is 0 Å². The Hall–Kier alpha value is -1.82. The van der Waals surface area contributed by atoms with Gasteiger partial charge in [-0.2, -0.15) is 5.10 Å². The summed E-state index contributed by atoms with van der Waals surface area (Å²) >= 11 is 3.45. The van der Waals surface area contributed by atoms with E-state index >= 15 is 0 Å². The standard InChI is InChI=1S/C16H20BrN3O2/c1-16(2,3)15(21)22-12-20-14(17)10-19(11-18-20)9-13-7-5-4-6-8-13/h4-8,10-11H,9,12H2,1-3H3. The van der Waals surface area contributed by atoms with E-state index in [1.807, 2.05) is 50.1 Å². The fourth-order valence-electron chi connectivity index (χ4n) is 1.73. The zero-order chi connectivity index (χ0) is 16.2. The van der Waals surface area contributed by atoms with Crippen LogP contribution in [0.1, 0.15) is 26.3 Å². The lowest BCUT2D eigenvalue weighted by molar-refractivity contribution is -0.156. The number of hydrogen-bond acceptors (Lipinski definition) is 5. The molecule has 0 unspecified atom stereocenters. The van der Waals surface area contributed by atoms with Gasteiger partial charge >= 0.3 is 5.97 Å². The largest absolute Gasteiger partial charge is 0.442 e. The molecule has 0 saturated carbocycles. The van der Waals surface area contributed by atoms with Crippen molar-refractivity contribution in [2.45, 2.75) is 27.3 Å². The van der Waals surface area contributed by atoms with Crippen LogP contribution in [0.4, 0.5) is 0 Å². The number of benzene rings is 1. The first kappa shape index (κ1) is 16.5. The predicted octanol–water partition coefficient (Wildman–Crippen LogP) is 3.49. The van der Waals surface area contributed by atoms with Gasteiger partial charge in [0.15, 0.2) is 6.73 Å². The molecule has 0 N–H and O–H groups in total. The number of ether oxygens (including phenoxy) is 1. The summed E-state index contributed by atoms with van der Waals surface area (Å²) in [5.74, 6) is -0.255. The van der Waals surface area contributed by atoms with Crippen LogP contribution in [0.15, 0.2) is 46.2 Å². The predicted molar refractivity (Wildman–Crippen MR) is 89.7 cm³/mol. The van der Waals surface area contributed by atoms with Crippen LogP contribution >= 0.6 is 15.9 Å². The minimum atomic E-state index is -0.519. The summed E-state index contributed by atoms with van der Waals surface area (Å²) in [4.78, 5) is 13.7. The number of hydrazone groups is 1. The summed E-state index contributed by atoms with van der Waals surface area (Å²) in [6.45, 7) is 6.28. The van der Waals surface area contributed by atoms with Crippen molar-refractivity contribution in [2.24, 2.45) is 10.5 Å². The molecule has 1 aliphatic heterocycles. The molecule has 22 heavy (non-hydrogen) atoms. The van der Waals surface area contributed by atoms with E-state index in [-0.39, 0.29) is 12.7 Å². The van der Waals surface area contributed by atoms with Gasteiger partial charge in [-0.1, -0.05) is 30.3 Å². The van der Waals surface area contributed by atoms with Gasteiger partial charge in [-0.05, 0) is 42.3 Å². The van der Waals surface area contributed by atoms with Gasteiger partial charge in [-0.3, -0.25) is 4.79 Å². The number of hydrogen-bond donors (Lipinski definition) is 0. The normalized spacial score (nSPS) is 14.8. The molecule has 0 fully saturated rings. The SMILES string of the molecule is CC(C)(C)C(=O)OCN1N=CN(Cc2ccccc2)C=C1Br. The zero-order valence-corrected chi connectivity index (χ0v) is 14.6. The van der Waals surface area contributed by atoms with Crippen LogP contribution in [0.5, 0.6) is 0 Å². The molecule has 0 spiro atoms. The maximum atomic E-state index is 11.8. The highest BCUT2D eigenvalue weighted by Crippen LogP contribution is 2.20. The molecule has 0 aromatic heterocycles. The Morgan fingerprint density at radius 3 is 2.55 bits per heavy atom. The Balaban J connectivity index is 1.90. The molecule has 0 bridgehead atoms. The first-order valence-electron chi connectivity index (χ1n) is 7.02. The molecule has 1 aromatic carbocycles. The quantitative estimate of drug-likeness (QED) is 0.605. The van der Waals surface area contributed by atoms with Gasteiger partial charge in [-0.25, -0.2) is 5.01 Å². The Labute approximate surface area is 139 Å². The minimum absolute atomic E-state index is 0.0862. The van der Waals surface area contributed by atoms with Crippen LogP contribution in [-0.2, 0) is 16.1 Å². The van der Waals surface area contributed by atoms with E-state index in [1.165, 1.54) is 5.56 Å². The summed E-state index contributed by atoms with van der Waals surface area (Å²) < 4.78 is 6.00. The molecule has 0 radical (unpaired) electrons. The lowest BCUT2D eigenvalue weighted by Gasteiger charge is -2.27. The lowest BCUT2D eigenvalue weighted by Crippen LogP contribution is -2.31.